The predicted molar refractivity (Wildman–Crippen MR) is 89.3 cm³/mol. The van der Waals surface area contributed by atoms with Crippen LogP contribution in [-0.2, 0) is 6.54 Å². The molecule has 4 heteroatoms. The average Bonchev–Trinajstić information content (AvgIpc) is 2.47. The zero-order valence-corrected chi connectivity index (χ0v) is 13.3. The van der Waals surface area contributed by atoms with Crippen LogP contribution in [0.1, 0.15) is 32.8 Å². The van der Waals surface area contributed by atoms with Gasteiger partial charge in [-0.3, -0.25) is 4.79 Å². The van der Waals surface area contributed by atoms with E-state index in [1.54, 1.807) is 10.8 Å². The van der Waals surface area contributed by atoms with Crippen LogP contribution in [0.2, 0.25) is 0 Å². The van der Waals surface area contributed by atoms with Crippen LogP contribution >= 0.6 is 0 Å². The minimum atomic E-state index is -0.316. The molecule has 0 aliphatic rings. The van der Waals surface area contributed by atoms with E-state index in [4.69, 9.17) is 5.73 Å². The number of nitrogen functional groups attached to an aromatic ring is 1. The Balaban J connectivity index is 2.57. The Morgan fingerprint density at radius 1 is 1.23 bits per heavy atom. The number of hydrogen-bond donors (Lipinski definition) is 1. The molecule has 114 valence electrons. The van der Waals surface area contributed by atoms with Crippen molar-refractivity contribution in [3.63, 3.8) is 0 Å². The number of nitriles is 1. The molecule has 2 N–H and O–H groups in total. The second-order valence-corrected chi connectivity index (χ2v) is 6.62. The van der Waals surface area contributed by atoms with E-state index in [1.165, 1.54) is 0 Å². The van der Waals surface area contributed by atoms with E-state index in [0.717, 1.165) is 17.5 Å². The second kappa shape index (κ2) is 6.07. The summed E-state index contributed by atoms with van der Waals surface area (Å²) in [5.41, 5.74) is 7.75. The Labute approximate surface area is 130 Å². The van der Waals surface area contributed by atoms with Gasteiger partial charge in [0.2, 0.25) is 0 Å². The fourth-order valence-corrected chi connectivity index (χ4v) is 2.26. The molecule has 0 bridgehead atoms. The van der Waals surface area contributed by atoms with Gasteiger partial charge in [-0.25, -0.2) is 0 Å². The van der Waals surface area contributed by atoms with E-state index >= 15 is 0 Å². The minimum absolute atomic E-state index is 0.0234. The number of rotatable bonds is 3. The molecule has 0 atom stereocenters. The van der Waals surface area contributed by atoms with Crippen LogP contribution in [0.5, 0.6) is 0 Å². The van der Waals surface area contributed by atoms with Crippen molar-refractivity contribution in [1.29, 1.82) is 5.26 Å². The summed E-state index contributed by atoms with van der Waals surface area (Å²) < 4.78 is 1.60. The van der Waals surface area contributed by atoms with Gasteiger partial charge in [0.25, 0.3) is 5.56 Å². The number of nitrogens with zero attached hydrogens (tertiary/aromatic N) is 2. The highest BCUT2D eigenvalue weighted by Gasteiger charge is 2.16. The fraction of sp³-hybridized carbons (Fsp3) is 0.333. The number of aryl methyl sites for hydroxylation is 1. The molecule has 0 saturated carbocycles. The van der Waals surface area contributed by atoms with Crippen LogP contribution in [0.25, 0.3) is 11.1 Å². The quantitative estimate of drug-likeness (QED) is 0.943. The number of pyridine rings is 1. The van der Waals surface area contributed by atoms with Gasteiger partial charge in [-0.05, 0) is 17.4 Å². The van der Waals surface area contributed by atoms with Gasteiger partial charge in [0.15, 0.2) is 0 Å². The van der Waals surface area contributed by atoms with E-state index in [-0.39, 0.29) is 22.2 Å². The summed E-state index contributed by atoms with van der Waals surface area (Å²) in [5.74, 6) is 0. The third-order valence-electron chi connectivity index (χ3n) is 3.62. The lowest BCUT2D eigenvalue weighted by Crippen LogP contribution is -2.26. The maximum Gasteiger partial charge on any atom is 0.270 e. The molecule has 0 spiro atoms. The SMILES string of the molecule is CC(C)(C)CCn1cc(-c2ccccc2)c(N)c(C#N)c1=O. The van der Waals surface area contributed by atoms with Crippen molar-refractivity contribution in [2.45, 2.75) is 33.7 Å². The average molecular weight is 295 g/mol. The summed E-state index contributed by atoms with van der Waals surface area (Å²) in [7, 11) is 0. The Hall–Kier alpha value is -2.54. The molecule has 1 heterocycles. The summed E-state index contributed by atoms with van der Waals surface area (Å²) in [6.45, 7) is 6.94. The normalized spacial score (nSPS) is 11.2. The van der Waals surface area contributed by atoms with E-state index in [1.807, 2.05) is 36.4 Å². The number of benzene rings is 1. The predicted octanol–water partition coefficient (Wildman–Crippen LogP) is 3.41. The molecule has 0 aliphatic heterocycles. The Morgan fingerprint density at radius 3 is 2.41 bits per heavy atom. The second-order valence-electron chi connectivity index (χ2n) is 6.62. The van der Waals surface area contributed by atoms with Gasteiger partial charge in [0.1, 0.15) is 11.6 Å². The van der Waals surface area contributed by atoms with E-state index in [9.17, 15) is 10.1 Å². The van der Waals surface area contributed by atoms with Crippen LogP contribution in [-0.4, -0.2) is 4.57 Å². The molecule has 1 aromatic carbocycles. The maximum absolute atomic E-state index is 12.4. The molecule has 0 amide bonds. The third kappa shape index (κ3) is 3.37. The molecule has 0 saturated heterocycles. The molecule has 22 heavy (non-hydrogen) atoms. The van der Waals surface area contributed by atoms with Gasteiger partial charge >= 0.3 is 0 Å². The lowest BCUT2D eigenvalue weighted by Gasteiger charge is -2.19. The highest BCUT2D eigenvalue weighted by Crippen LogP contribution is 2.27. The Bertz CT molecular complexity index is 762. The number of nitrogens with two attached hydrogens (primary N) is 1. The largest absolute Gasteiger partial charge is 0.397 e. The Morgan fingerprint density at radius 2 is 1.86 bits per heavy atom. The first kappa shape index (κ1) is 15.8. The number of aromatic nitrogens is 1. The minimum Gasteiger partial charge on any atom is -0.397 e. The molecule has 2 rings (SSSR count). The van der Waals surface area contributed by atoms with Crippen molar-refractivity contribution in [2.24, 2.45) is 5.41 Å². The van der Waals surface area contributed by atoms with E-state index in [0.29, 0.717) is 6.54 Å². The monoisotopic (exact) mass is 295 g/mol. The van der Waals surface area contributed by atoms with Crippen LogP contribution in [0.4, 0.5) is 5.69 Å². The van der Waals surface area contributed by atoms with Crippen molar-refractivity contribution < 1.29 is 0 Å². The Kier molecular flexibility index (Phi) is 4.37. The van der Waals surface area contributed by atoms with Gasteiger partial charge in [-0.1, -0.05) is 51.1 Å². The highest BCUT2D eigenvalue weighted by molar-refractivity contribution is 5.79. The summed E-state index contributed by atoms with van der Waals surface area (Å²) >= 11 is 0. The van der Waals surface area contributed by atoms with Crippen molar-refractivity contribution in [2.75, 3.05) is 5.73 Å². The summed E-state index contributed by atoms with van der Waals surface area (Å²) in [6, 6.07) is 11.5. The number of anilines is 1. The molecule has 0 fully saturated rings. The van der Waals surface area contributed by atoms with Crippen LogP contribution in [0.3, 0.4) is 0 Å². The lowest BCUT2D eigenvalue weighted by atomic mass is 9.92. The number of hydrogen-bond acceptors (Lipinski definition) is 3. The molecule has 0 unspecified atom stereocenters. The zero-order valence-electron chi connectivity index (χ0n) is 13.3. The van der Waals surface area contributed by atoms with Crippen molar-refractivity contribution in [3.8, 4) is 17.2 Å². The molecule has 2 aromatic rings. The molecular formula is C18H21N3O. The third-order valence-corrected chi connectivity index (χ3v) is 3.62. The smallest absolute Gasteiger partial charge is 0.270 e. The van der Waals surface area contributed by atoms with Gasteiger partial charge in [0, 0.05) is 18.3 Å². The van der Waals surface area contributed by atoms with Crippen LogP contribution in [0.15, 0.2) is 41.3 Å². The van der Waals surface area contributed by atoms with Crippen molar-refractivity contribution in [3.05, 3.63) is 52.4 Å². The van der Waals surface area contributed by atoms with Crippen LogP contribution < -0.4 is 11.3 Å². The van der Waals surface area contributed by atoms with Gasteiger partial charge < -0.3 is 10.3 Å². The fourth-order valence-electron chi connectivity index (χ4n) is 2.26. The first-order valence-corrected chi connectivity index (χ1v) is 7.32. The highest BCUT2D eigenvalue weighted by atomic mass is 16.1. The van der Waals surface area contributed by atoms with Crippen molar-refractivity contribution in [1.82, 2.24) is 4.57 Å². The molecule has 4 nitrogen and oxygen atoms in total. The first-order chi connectivity index (χ1) is 10.3. The van der Waals surface area contributed by atoms with Crippen molar-refractivity contribution >= 4 is 5.69 Å². The van der Waals surface area contributed by atoms with Gasteiger partial charge in [0.05, 0.1) is 5.69 Å². The molecular weight excluding hydrogens is 274 g/mol. The lowest BCUT2D eigenvalue weighted by molar-refractivity contribution is 0.348. The standard InChI is InChI=1S/C18H21N3O/c1-18(2,3)9-10-21-12-15(13-7-5-4-6-8-13)16(20)14(11-19)17(21)22/h4-8,12H,9-10,20H2,1-3H3. The zero-order chi connectivity index (χ0) is 16.3. The van der Waals surface area contributed by atoms with Gasteiger partial charge in [-0.2, -0.15) is 5.26 Å². The first-order valence-electron chi connectivity index (χ1n) is 7.32. The molecule has 0 radical (unpaired) electrons. The summed E-state index contributed by atoms with van der Waals surface area (Å²) in [5, 5.41) is 9.28. The summed E-state index contributed by atoms with van der Waals surface area (Å²) in [6.07, 6.45) is 2.61. The maximum atomic E-state index is 12.4. The topological polar surface area (TPSA) is 71.8 Å². The molecule has 1 aromatic heterocycles. The van der Waals surface area contributed by atoms with E-state index < -0.39 is 0 Å². The molecule has 0 aliphatic carbocycles. The van der Waals surface area contributed by atoms with Gasteiger partial charge in [-0.15, -0.1) is 0 Å². The summed E-state index contributed by atoms with van der Waals surface area (Å²) in [4.78, 5) is 12.4. The van der Waals surface area contributed by atoms with E-state index in [2.05, 4.69) is 20.8 Å². The van der Waals surface area contributed by atoms with Crippen LogP contribution in [0, 0.1) is 16.7 Å².